The van der Waals surface area contributed by atoms with Crippen LogP contribution in [0.15, 0.2) is 24.3 Å². The molecule has 20 heavy (non-hydrogen) atoms. The predicted molar refractivity (Wildman–Crippen MR) is 76.1 cm³/mol. The number of hydrogen-bond donors (Lipinski definition) is 1. The largest absolute Gasteiger partial charge is 0.497 e. The number of ether oxygens (including phenoxy) is 1. The van der Waals surface area contributed by atoms with Crippen molar-refractivity contribution in [2.45, 2.75) is 43.9 Å². The normalized spacial score (nSPS) is 29.4. The van der Waals surface area contributed by atoms with E-state index >= 15 is 0 Å². The number of nitrogens with zero attached hydrogens (tertiary/aromatic N) is 1. The maximum absolute atomic E-state index is 12.4. The molecule has 108 valence electrons. The lowest BCUT2D eigenvalue weighted by Crippen LogP contribution is -2.46. The number of aliphatic hydroxyl groups excluding tert-OH is 1. The summed E-state index contributed by atoms with van der Waals surface area (Å²) >= 11 is 0. The average molecular weight is 275 g/mol. The van der Waals surface area contributed by atoms with Gasteiger partial charge in [-0.05, 0) is 37.8 Å². The molecule has 2 atom stereocenters. The molecule has 1 aromatic carbocycles. The van der Waals surface area contributed by atoms with E-state index in [1.54, 1.807) is 13.2 Å². The second-order valence-electron chi connectivity index (χ2n) is 5.84. The summed E-state index contributed by atoms with van der Waals surface area (Å²) in [5.41, 5.74) is 0.704. The van der Waals surface area contributed by atoms with Gasteiger partial charge in [0.15, 0.2) is 5.78 Å². The Balaban J connectivity index is 1.70. The van der Waals surface area contributed by atoms with Gasteiger partial charge in [-0.25, -0.2) is 0 Å². The van der Waals surface area contributed by atoms with Crippen LogP contribution in [0.5, 0.6) is 5.75 Å². The molecule has 4 nitrogen and oxygen atoms in total. The van der Waals surface area contributed by atoms with Crippen LogP contribution >= 0.6 is 0 Å². The van der Waals surface area contributed by atoms with Gasteiger partial charge in [0.25, 0.3) is 0 Å². The first-order chi connectivity index (χ1) is 9.67. The van der Waals surface area contributed by atoms with Crippen molar-refractivity contribution in [2.75, 3.05) is 13.7 Å². The molecule has 2 bridgehead atoms. The number of carbonyl (C=O) groups is 1. The highest BCUT2D eigenvalue weighted by atomic mass is 16.5. The Bertz CT molecular complexity index is 488. The molecule has 3 rings (SSSR count). The molecule has 1 N–H and O–H groups in total. The summed E-state index contributed by atoms with van der Waals surface area (Å²) in [7, 11) is 1.61. The third kappa shape index (κ3) is 2.58. The number of piperidine rings is 1. The number of fused-ring (bicyclic) bond motifs is 2. The molecule has 0 amide bonds. The number of Topliss-reactive ketones (excluding diaryl/α,β-unsaturated/α-hetero) is 1. The maximum Gasteiger partial charge on any atom is 0.176 e. The summed E-state index contributed by atoms with van der Waals surface area (Å²) in [6.07, 6.45) is 3.64. The van der Waals surface area contributed by atoms with Crippen molar-refractivity contribution in [3.05, 3.63) is 29.8 Å². The number of rotatable bonds is 4. The number of aliphatic hydroxyl groups is 1. The van der Waals surface area contributed by atoms with Crippen LogP contribution in [-0.2, 0) is 0 Å². The molecule has 2 unspecified atom stereocenters. The molecule has 0 saturated carbocycles. The average Bonchev–Trinajstić information content (AvgIpc) is 2.70. The van der Waals surface area contributed by atoms with Crippen LogP contribution in [0.4, 0.5) is 0 Å². The third-order valence-electron chi connectivity index (χ3n) is 4.58. The van der Waals surface area contributed by atoms with Crippen LogP contribution in [0.25, 0.3) is 0 Å². The molecule has 1 aromatic rings. The third-order valence-corrected chi connectivity index (χ3v) is 4.58. The van der Waals surface area contributed by atoms with Gasteiger partial charge in [0.2, 0.25) is 0 Å². The van der Waals surface area contributed by atoms with Gasteiger partial charge in [0, 0.05) is 17.6 Å². The number of benzene rings is 1. The Labute approximate surface area is 119 Å². The Kier molecular flexibility index (Phi) is 3.76. The van der Waals surface area contributed by atoms with E-state index in [0.29, 0.717) is 29.9 Å². The van der Waals surface area contributed by atoms with E-state index in [-0.39, 0.29) is 11.9 Å². The van der Waals surface area contributed by atoms with E-state index in [4.69, 9.17) is 4.74 Å². The molecular weight excluding hydrogens is 254 g/mol. The van der Waals surface area contributed by atoms with Gasteiger partial charge in [-0.1, -0.05) is 12.1 Å². The smallest absolute Gasteiger partial charge is 0.176 e. The lowest BCUT2D eigenvalue weighted by Gasteiger charge is -2.36. The molecular formula is C16H21NO3. The van der Waals surface area contributed by atoms with Crippen LogP contribution in [0.1, 0.15) is 36.0 Å². The topological polar surface area (TPSA) is 49.8 Å². The molecule has 2 saturated heterocycles. The Morgan fingerprint density at radius 3 is 2.70 bits per heavy atom. The fourth-order valence-electron chi connectivity index (χ4n) is 3.56. The standard InChI is InChI=1S/C16H21NO3/c1-20-15-4-2-3-11(7-15)16(19)10-17-12-5-6-13(17)9-14(18)8-12/h2-4,7,12-14,18H,5-6,8-10H2,1H3. The minimum Gasteiger partial charge on any atom is -0.497 e. The van der Waals surface area contributed by atoms with E-state index < -0.39 is 0 Å². The summed E-state index contributed by atoms with van der Waals surface area (Å²) in [5.74, 6) is 0.852. The Morgan fingerprint density at radius 2 is 2.05 bits per heavy atom. The van der Waals surface area contributed by atoms with Gasteiger partial charge in [0.1, 0.15) is 5.75 Å². The number of ketones is 1. The van der Waals surface area contributed by atoms with Crippen LogP contribution in [-0.4, -0.2) is 47.6 Å². The second kappa shape index (κ2) is 5.54. The fraction of sp³-hybridized carbons (Fsp3) is 0.562. The first-order valence-electron chi connectivity index (χ1n) is 7.28. The van der Waals surface area contributed by atoms with Gasteiger partial charge in [-0.2, -0.15) is 0 Å². The highest BCUT2D eigenvalue weighted by molar-refractivity contribution is 5.98. The van der Waals surface area contributed by atoms with Crippen molar-refractivity contribution in [1.82, 2.24) is 4.90 Å². The highest BCUT2D eigenvalue weighted by Gasteiger charge is 2.40. The summed E-state index contributed by atoms with van der Waals surface area (Å²) in [4.78, 5) is 14.7. The van der Waals surface area contributed by atoms with Gasteiger partial charge in [-0.3, -0.25) is 9.69 Å². The molecule has 0 aliphatic carbocycles. The summed E-state index contributed by atoms with van der Waals surface area (Å²) in [5, 5.41) is 9.80. The molecule has 2 heterocycles. The lowest BCUT2D eigenvalue weighted by molar-refractivity contribution is 0.0344. The Hall–Kier alpha value is -1.39. The van der Waals surface area contributed by atoms with Crippen LogP contribution in [0.3, 0.4) is 0 Å². The van der Waals surface area contributed by atoms with Crippen molar-refractivity contribution in [3.8, 4) is 5.75 Å². The molecule has 4 heteroatoms. The monoisotopic (exact) mass is 275 g/mol. The zero-order chi connectivity index (χ0) is 14.1. The molecule has 0 spiro atoms. The number of methoxy groups -OCH3 is 1. The van der Waals surface area contributed by atoms with Crippen molar-refractivity contribution in [2.24, 2.45) is 0 Å². The number of carbonyl (C=O) groups excluding carboxylic acids is 1. The van der Waals surface area contributed by atoms with E-state index in [0.717, 1.165) is 25.7 Å². The number of hydrogen-bond acceptors (Lipinski definition) is 4. The minimum absolute atomic E-state index is 0.136. The van der Waals surface area contributed by atoms with Crippen LogP contribution in [0, 0.1) is 0 Å². The maximum atomic E-state index is 12.4. The first-order valence-corrected chi connectivity index (χ1v) is 7.28. The zero-order valence-corrected chi connectivity index (χ0v) is 11.8. The first kappa shape index (κ1) is 13.6. The van der Waals surface area contributed by atoms with E-state index in [9.17, 15) is 9.90 Å². The quantitative estimate of drug-likeness (QED) is 0.852. The van der Waals surface area contributed by atoms with Crippen molar-refractivity contribution < 1.29 is 14.6 Å². The van der Waals surface area contributed by atoms with Crippen LogP contribution < -0.4 is 4.74 Å². The molecule has 2 fully saturated rings. The van der Waals surface area contributed by atoms with Gasteiger partial charge in [0.05, 0.1) is 19.8 Å². The minimum atomic E-state index is -0.185. The van der Waals surface area contributed by atoms with E-state index in [2.05, 4.69) is 4.90 Å². The van der Waals surface area contributed by atoms with Crippen LogP contribution in [0.2, 0.25) is 0 Å². The van der Waals surface area contributed by atoms with Crippen molar-refractivity contribution in [3.63, 3.8) is 0 Å². The van der Waals surface area contributed by atoms with E-state index in [1.807, 2.05) is 18.2 Å². The molecule has 0 aromatic heterocycles. The van der Waals surface area contributed by atoms with Gasteiger partial charge in [-0.15, -0.1) is 0 Å². The van der Waals surface area contributed by atoms with Gasteiger partial charge < -0.3 is 9.84 Å². The van der Waals surface area contributed by atoms with Crippen molar-refractivity contribution in [1.29, 1.82) is 0 Å². The summed E-state index contributed by atoms with van der Waals surface area (Å²) < 4.78 is 5.16. The summed E-state index contributed by atoms with van der Waals surface area (Å²) in [6, 6.07) is 8.07. The molecule has 0 radical (unpaired) electrons. The predicted octanol–water partition coefficient (Wildman–Crippen LogP) is 1.87. The Morgan fingerprint density at radius 1 is 1.35 bits per heavy atom. The zero-order valence-electron chi connectivity index (χ0n) is 11.8. The van der Waals surface area contributed by atoms with Crippen molar-refractivity contribution >= 4 is 5.78 Å². The highest BCUT2D eigenvalue weighted by Crippen LogP contribution is 2.35. The van der Waals surface area contributed by atoms with E-state index in [1.165, 1.54) is 0 Å². The van der Waals surface area contributed by atoms with Gasteiger partial charge >= 0.3 is 0 Å². The SMILES string of the molecule is COc1cccc(C(=O)CN2C3CCC2CC(O)C3)c1. The summed E-state index contributed by atoms with van der Waals surface area (Å²) in [6.45, 7) is 0.454. The second-order valence-corrected chi connectivity index (χ2v) is 5.84. The molecule has 2 aliphatic rings. The fourth-order valence-corrected chi connectivity index (χ4v) is 3.56. The lowest BCUT2D eigenvalue weighted by atomic mass is 9.99. The molecule has 2 aliphatic heterocycles.